The second-order valence-corrected chi connectivity index (χ2v) is 11.1. The number of likely N-dealkylation sites (tertiary alicyclic amines) is 1. The number of rotatable bonds is 7. The summed E-state index contributed by atoms with van der Waals surface area (Å²) in [6.45, 7) is 12.5. The highest BCUT2D eigenvalue weighted by atomic mass is 32.1. The molecule has 0 bridgehead atoms. The minimum atomic E-state index is -0.703. The maximum Gasteiger partial charge on any atom is 0.243 e. The van der Waals surface area contributed by atoms with E-state index in [1.807, 2.05) is 71.3 Å². The molecule has 8 heteroatoms. The maximum atomic E-state index is 13.4. The molecule has 0 spiro atoms. The smallest absolute Gasteiger partial charge is 0.243 e. The Morgan fingerprint density at radius 1 is 1.24 bits per heavy atom. The van der Waals surface area contributed by atoms with Crippen LogP contribution >= 0.6 is 11.3 Å². The van der Waals surface area contributed by atoms with E-state index in [1.54, 1.807) is 16.2 Å². The van der Waals surface area contributed by atoms with Crippen molar-refractivity contribution in [2.75, 3.05) is 6.54 Å². The number of carbonyl (C=O) groups excluding carboxylic acids is 2. The zero-order valence-electron chi connectivity index (χ0n) is 20.4. The van der Waals surface area contributed by atoms with Crippen molar-refractivity contribution in [3.05, 3.63) is 41.0 Å². The summed E-state index contributed by atoms with van der Waals surface area (Å²) >= 11 is 1.61. The van der Waals surface area contributed by atoms with E-state index in [1.165, 1.54) is 0 Å². The van der Waals surface area contributed by atoms with Crippen LogP contribution in [0.15, 0.2) is 29.8 Å². The van der Waals surface area contributed by atoms with Gasteiger partial charge >= 0.3 is 0 Å². The molecule has 0 aliphatic carbocycles. The van der Waals surface area contributed by atoms with Crippen LogP contribution in [0.3, 0.4) is 0 Å². The van der Waals surface area contributed by atoms with Gasteiger partial charge in [-0.15, -0.1) is 11.3 Å². The predicted molar refractivity (Wildman–Crippen MR) is 132 cm³/mol. The monoisotopic (exact) mass is 472 g/mol. The zero-order chi connectivity index (χ0) is 24.3. The molecule has 3 atom stereocenters. The Kier molecular flexibility index (Phi) is 7.92. The van der Waals surface area contributed by atoms with Gasteiger partial charge in [-0.05, 0) is 23.5 Å². The van der Waals surface area contributed by atoms with Crippen LogP contribution in [-0.4, -0.2) is 57.6 Å². The van der Waals surface area contributed by atoms with E-state index in [-0.39, 0.29) is 36.2 Å². The summed E-state index contributed by atoms with van der Waals surface area (Å²) in [5.41, 5.74) is 4.59. The number of aliphatic hydroxyl groups excluding tert-OH is 1. The highest BCUT2D eigenvalue weighted by Gasteiger charge is 2.43. The molecule has 1 aromatic carbocycles. The number of amides is 2. The Morgan fingerprint density at radius 2 is 1.91 bits per heavy atom. The quantitative estimate of drug-likeness (QED) is 0.576. The maximum absolute atomic E-state index is 13.4. The number of carbonyl (C=O) groups is 2. The Balaban J connectivity index is 1.66. The summed E-state index contributed by atoms with van der Waals surface area (Å²) in [5, 5.41) is 16.6. The SMILES string of the molecule is Cc1ncsc1-c1ccc(CNC(=O)[C@H]2C[C@@H](O)CN2C(=O)[C@@H](NC(C)C)C(C)(C)C)cc1. The van der Waals surface area contributed by atoms with Crippen LogP contribution in [0, 0.1) is 12.3 Å². The van der Waals surface area contributed by atoms with Gasteiger partial charge in [0.25, 0.3) is 0 Å². The van der Waals surface area contributed by atoms with E-state index in [4.69, 9.17) is 0 Å². The van der Waals surface area contributed by atoms with E-state index < -0.39 is 18.2 Å². The van der Waals surface area contributed by atoms with Gasteiger partial charge in [-0.2, -0.15) is 0 Å². The molecular weight excluding hydrogens is 436 g/mol. The lowest BCUT2D eigenvalue weighted by Crippen LogP contribution is -2.57. The number of hydrogen-bond donors (Lipinski definition) is 3. The van der Waals surface area contributed by atoms with E-state index in [0.717, 1.165) is 21.7 Å². The molecule has 3 N–H and O–H groups in total. The third-order valence-electron chi connectivity index (χ3n) is 5.91. The average Bonchev–Trinajstić information content (AvgIpc) is 3.35. The zero-order valence-corrected chi connectivity index (χ0v) is 21.2. The molecule has 1 aliphatic heterocycles. The summed E-state index contributed by atoms with van der Waals surface area (Å²) in [4.78, 5) is 33.4. The fourth-order valence-electron chi connectivity index (χ4n) is 4.16. The molecule has 1 aliphatic rings. The molecule has 180 valence electrons. The van der Waals surface area contributed by atoms with E-state index >= 15 is 0 Å². The van der Waals surface area contributed by atoms with Crippen LogP contribution in [0.2, 0.25) is 0 Å². The van der Waals surface area contributed by atoms with Crippen molar-refractivity contribution in [2.24, 2.45) is 5.41 Å². The van der Waals surface area contributed by atoms with Crippen molar-refractivity contribution in [3.8, 4) is 10.4 Å². The van der Waals surface area contributed by atoms with Gasteiger partial charge in [-0.3, -0.25) is 9.59 Å². The molecule has 2 amide bonds. The van der Waals surface area contributed by atoms with Gasteiger partial charge in [-0.25, -0.2) is 4.98 Å². The number of aromatic nitrogens is 1. The second kappa shape index (κ2) is 10.3. The fraction of sp³-hybridized carbons (Fsp3) is 0.560. The third-order valence-corrected chi connectivity index (χ3v) is 6.88. The molecule has 2 heterocycles. The number of hydrogen-bond acceptors (Lipinski definition) is 6. The molecule has 0 saturated carbocycles. The molecule has 7 nitrogen and oxygen atoms in total. The Bertz CT molecular complexity index is 965. The van der Waals surface area contributed by atoms with Gasteiger partial charge in [0.1, 0.15) is 6.04 Å². The molecule has 2 aromatic rings. The summed E-state index contributed by atoms with van der Waals surface area (Å²) in [7, 11) is 0. The lowest BCUT2D eigenvalue weighted by atomic mass is 9.85. The molecule has 1 aromatic heterocycles. The number of β-amino-alcohol motifs (C(OH)–C–C–N with tert-alkyl or cyclic N) is 1. The third kappa shape index (κ3) is 6.19. The topological polar surface area (TPSA) is 94.6 Å². The molecule has 1 saturated heterocycles. The van der Waals surface area contributed by atoms with Crippen molar-refractivity contribution < 1.29 is 14.7 Å². The highest BCUT2D eigenvalue weighted by molar-refractivity contribution is 7.13. The van der Waals surface area contributed by atoms with Crippen molar-refractivity contribution in [1.29, 1.82) is 0 Å². The minimum absolute atomic E-state index is 0.120. The second-order valence-electron chi connectivity index (χ2n) is 10.2. The van der Waals surface area contributed by atoms with Crippen molar-refractivity contribution in [2.45, 2.75) is 78.7 Å². The first-order valence-electron chi connectivity index (χ1n) is 11.5. The van der Waals surface area contributed by atoms with Crippen LogP contribution in [0.4, 0.5) is 0 Å². The Morgan fingerprint density at radius 3 is 2.45 bits per heavy atom. The largest absolute Gasteiger partial charge is 0.391 e. The first-order valence-corrected chi connectivity index (χ1v) is 12.4. The van der Waals surface area contributed by atoms with E-state index in [0.29, 0.717) is 6.54 Å². The number of nitrogens with one attached hydrogen (secondary N) is 2. The van der Waals surface area contributed by atoms with Crippen LogP contribution in [0.5, 0.6) is 0 Å². The number of aryl methyl sites for hydroxylation is 1. The van der Waals surface area contributed by atoms with Crippen molar-refractivity contribution in [1.82, 2.24) is 20.5 Å². The van der Waals surface area contributed by atoms with Gasteiger partial charge in [0, 0.05) is 25.6 Å². The van der Waals surface area contributed by atoms with Crippen molar-refractivity contribution >= 4 is 23.2 Å². The van der Waals surface area contributed by atoms with Crippen LogP contribution in [0.25, 0.3) is 10.4 Å². The Hall–Kier alpha value is -2.29. The standard InChI is InChI=1S/C25H36N4O3S/c1-15(2)28-22(25(4,5)6)24(32)29-13-19(30)11-20(29)23(31)26-12-17-7-9-18(10-8-17)21-16(3)27-14-33-21/h7-10,14-15,19-20,22,28,30H,11-13H2,1-6H3,(H,26,31)/t19-,20-,22-/m1/s1. The molecule has 33 heavy (non-hydrogen) atoms. The first-order chi connectivity index (χ1) is 15.5. The van der Waals surface area contributed by atoms with E-state index in [2.05, 4.69) is 15.6 Å². The molecule has 1 fully saturated rings. The van der Waals surface area contributed by atoms with Gasteiger partial charge in [0.05, 0.1) is 28.2 Å². The summed E-state index contributed by atoms with van der Waals surface area (Å²) in [6, 6.07) is 7.04. The lowest BCUT2D eigenvalue weighted by Gasteiger charge is -2.36. The highest BCUT2D eigenvalue weighted by Crippen LogP contribution is 2.28. The Labute approximate surface area is 200 Å². The number of nitrogens with zero attached hydrogens (tertiary/aromatic N) is 2. The number of aliphatic hydroxyl groups is 1. The summed E-state index contributed by atoms with van der Waals surface area (Å²) in [5.74, 6) is -0.378. The first kappa shape index (κ1) is 25.3. The average molecular weight is 473 g/mol. The summed E-state index contributed by atoms with van der Waals surface area (Å²) < 4.78 is 0. The fourth-order valence-corrected chi connectivity index (χ4v) is 4.97. The molecule has 0 unspecified atom stereocenters. The van der Waals surface area contributed by atoms with Crippen LogP contribution in [0.1, 0.15) is 52.3 Å². The minimum Gasteiger partial charge on any atom is -0.391 e. The number of thiazole rings is 1. The normalized spacial score (nSPS) is 19.7. The van der Waals surface area contributed by atoms with Gasteiger partial charge in [0.15, 0.2) is 0 Å². The number of benzene rings is 1. The van der Waals surface area contributed by atoms with Gasteiger partial charge < -0.3 is 20.6 Å². The van der Waals surface area contributed by atoms with Crippen LogP contribution < -0.4 is 10.6 Å². The van der Waals surface area contributed by atoms with Crippen molar-refractivity contribution in [3.63, 3.8) is 0 Å². The van der Waals surface area contributed by atoms with E-state index in [9.17, 15) is 14.7 Å². The molecule has 0 radical (unpaired) electrons. The van der Waals surface area contributed by atoms with Gasteiger partial charge in [0.2, 0.25) is 11.8 Å². The lowest BCUT2D eigenvalue weighted by molar-refractivity contribution is -0.142. The predicted octanol–water partition coefficient (Wildman–Crippen LogP) is 3.11. The van der Waals surface area contributed by atoms with Gasteiger partial charge in [-0.1, -0.05) is 58.9 Å². The molecule has 3 rings (SSSR count). The molecular formula is C25H36N4O3S. The summed E-state index contributed by atoms with van der Waals surface area (Å²) in [6.07, 6.45) is -0.453. The van der Waals surface area contributed by atoms with Crippen LogP contribution in [-0.2, 0) is 16.1 Å².